The number of carbonyl (C=O) groups is 1. The van der Waals surface area contributed by atoms with Crippen molar-refractivity contribution in [1.29, 1.82) is 0 Å². The molecule has 1 aliphatic rings. The summed E-state index contributed by atoms with van der Waals surface area (Å²) in [5, 5.41) is 6.31. The Labute approximate surface area is 112 Å². The van der Waals surface area contributed by atoms with Gasteiger partial charge in [-0.1, -0.05) is 13.8 Å². The van der Waals surface area contributed by atoms with E-state index < -0.39 is 0 Å². The minimum Gasteiger partial charge on any atom is -0.359 e. The average Bonchev–Trinajstić information content (AvgIpc) is 2.35. The van der Waals surface area contributed by atoms with Crippen molar-refractivity contribution in [3.63, 3.8) is 0 Å². The highest BCUT2D eigenvalue weighted by molar-refractivity contribution is 5.81. The summed E-state index contributed by atoms with van der Waals surface area (Å²) in [5.41, 5.74) is -0.316. The molecule has 1 rings (SSSR count). The van der Waals surface area contributed by atoms with Gasteiger partial charge in [-0.3, -0.25) is 4.79 Å². The minimum atomic E-state index is -0.316. The first-order valence-corrected chi connectivity index (χ1v) is 7.32. The van der Waals surface area contributed by atoms with Crippen molar-refractivity contribution in [1.82, 2.24) is 10.6 Å². The molecule has 3 nitrogen and oxygen atoms in total. The van der Waals surface area contributed by atoms with E-state index in [4.69, 9.17) is 0 Å². The van der Waals surface area contributed by atoms with Crippen LogP contribution < -0.4 is 10.6 Å². The number of rotatable bonds is 5. The minimum absolute atomic E-state index is 0.117. The maximum atomic E-state index is 11.7. The number of nitrogens with one attached hydrogen (secondary N) is 2. The van der Waals surface area contributed by atoms with Crippen LogP contribution in [0.15, 0.2) is 0 Å². The van der Waals surface area contributed by atoms with Gasteiger partial charge in [0, 0.05) is 19.6 Å². The molecule has 1 aliphatic carbocycles. The summed E-state index contributed by atoms with van der Waals surface area (Å²) in [5.74, 6) is 1.83. The van der Waals surface area contributed by atoms with E-state index in [1.807, 2.05) is 13.8 Å². The highest BCUT2D eigenvalue weighted by Crippen LogP contribution is 2.30. The summed E-state index contributed by atoms with van der Waals surface area (Å²) >= 11 is 0. The third-order valence-electron chi connectivity index (χ3n) is 4.39. The number of hydrogen-bond donors (Lipinski definition) is 2. The van der Waals surface area contributed by atoms with Crippen LogP contribution in [-0.2, 0) is 4.79 Å². The molecule has 0 aliphatic heterocycles. The Morgan fingerprint density at radius 1 is 1.22 bits per heavy atom. The molecule has 1 amide bonds. The zero-order valence-corrected chi connectivity index (χ0v) is 12.7. The molecule has 0 spiro atoms. The van der Waals surface area contributed by atoms with Gasteiger partial charge in [0.15, 0.2) is 0 Å². The number of carbonyl (C=O) groups excluding carboxylic acids is 1. The Hall–Kier alpha value is -0.570. The first-order valence-electron chi connectivity index (χ1n) is 7.32. The van der Waals surface area contributed by atoms with E-state index in [0.29, 0.717) is 6.04 Å². The molecule has 0 unspecified atom stereocenters. The molecule has 106 valence electrons. The van der Waals surface area contributed by atoms with Crippen LogP contribution in [0.4, 0.5) is 0 Å². The van der Waals surface area contributed by atoms with Crippen LogP contribution >= 0.6 is 0 Å². The molecule has 0 radical (unpaired) electrons. The predicted molar refractivity (Wildman–Crippen MR) is 76.4 cm³/mol. The molecule has 1 saturated carbocycles. The molecule has 0 saturated heterocycles. The van der Waals surface area contributed by atoms with Gasteiger partial charge in [0.2, 0.25) is 5.91 Å². The Morgan fingerprint density at radius 2 is 1.78 bits per heavy atom. The standard InChI is InChI=1S/C15H30N2O/c1-11(2)12-6-8-13(9-7-12)17-10-15(3,4)14(18)16-5/h11-13,17H,6-10H2,1-5H3,(H,16,18). The summed E-state index contributed by atoms with van der Waals surface area (Å²) in [6, 6.07) is 0.601. The Morgan fingerprint density at radius 3 is 2.22 bits per heavy atom. The molecular weight excluding hydrogens is 224 g/mol. The summed E-state index contributed by atoms with van der Waals surface area (Å²) in [6.07, 6.45) is 5.17. The van der Waals surface area contributed by atoms with Crippen molar-refractivity contribution < 1.29 is 4.79 Å². The fourth-order valence-corrected chi connectivity index (χ4v) is 2.81. The molecule has 0 aromatic carbocycles. The molecule has 0 aromatic heterocycles. The lowest BCUT2D eigenvalue weighted by molar-refractivity contribution is -0.128. The summed E-state index contributed by atoms with van der Waals surface area (Å²) in [4.78, 5) is 11.7. The first-order chi connectivity index (χ1) is 8.36. The van der Waals surface area contributed by atoms with Crippen molar-refractivity contribution in [3.05, 3.63) is 0 Å². The third kappa shape index (κ3) is 4.27. The lowest BCUT2D eigenvalue weighted by Crippen LogP contribution is -2.46. The zero-order chi connectivity index (χ0) is 13.8. The van der Waals surface area contributed by atoms with E-state index in [0.717, 1.165) is 18.4 Å². The predicted octanol–water partition coefficient (Wildman–Crippen LogP) is 2.56. The zero-order valence-electron chi connectivity index (χ0n) is 12.7. The van der Waals surface area contributed by atoms with Crippen LogP contribution in [0.5, 0.6) is 0 Å². The second-order valence-corrected chi connectivity index (χ2v) is 6.70. The quantitative estimate of drug-likeness (QED) is 0.791. The SMILES string of the molecule is CNC(=O)C(C)(C)CNC1CCC(C(C)C)CC1. The van der Waals surface area contributed by atoms with Gasteiger partial charge in [-0.15, -0.1) is 0 Å². The van der Waals surface area contributed by atoms with Gasteiger partial charge in [0.1, 0.15) is 0 Å². The van der Waals surface area contributed by atoms with Crippen LogP contribution in [0.1, 0.15) is 53.4 Å². The van der Waals surface area contributed by atoms with E-state index in [2.05, 4.69) is 24.5 Å². The molecule has 0 aromatic rings. The first kappa shape index (κ1) is 15.5. The van der Waals surface area contributed by atoms with Crippen LogP contribution in [0, 0.1) is 17.3 Å². The fourth-order valence-electron chi connectivity index (χ4n) is 2.81. The largest absolute Gasteiger partial charge is 0.359 e. The van der Waals surface area contributed by atoms with E-state index >= 15 is 0 Å². The fraction of sp³-hybridized carbons (Fsp3) is 0.933. The smallest absolute Gasteiger partial charge is 0.226 e. The molecule has 0 heterocycles. The van der Waals surface area contributed by atoms with Crippen LogP contribution in [0.25, 0.3) is 0 Å². The van der Waals surface area contributed by atoms with Crippen molar-refractivity contribution in [2.75, 3.05) is 13.6 Å². The van der Waals surface area contributed by atoms with E-state index in [9.17, 15) is 4.79 Å². The Balaban J connectivity index is 2.32. The molecule has 2 N–H and O–H groups in total. The highest BCUT2D eigenvalue weighted by Gasteiger charge is 2.29. The lowest BCUT2D eigenvalue weighted by Gasteiger charge is -2.33. The van der Waals surface area contributed by atoms with Crippen molar-refractivity contribution in [2.24, 2.45) is 17.3 Å². The van der Waals surface area contributed by atoms with Gasteiger partial charge < -0.3 is 10.6 Å². The van der Waals surface area contributed by atoms with E-state index in [-0.39, 0.29) is 11.3 Å². The summed E-state index contributed by atoms with van der Waals surface area (Å²) < 4.78 is 0. The van der Waals surface area contributed by atoms with E-state index in [1.165, 1.54) is 25.7 Å². The normalized spacial score (nSPS) is 25.2. The average molecular weight is 254 g/mol. The number of hydrogen-bond acceptors (Lipinski definition) is 2. The van der Waals surface area contributed by atoms with Gasteiger partial charge in [0.05, 0.1) is 5.41 Å². The van der Waals surface area contributed by atoms with Gasteiger partial charge in [0.25, 0.3) is 0 Å². The van der Waals surface area contributed by atoms with Crippen molar-refractivity contribution in [3.8, 4) is 0 Å². The third-order valence-corrected chi connectivity index (χ3v) is 4.39. The lowest BCUT2D eigenvalue weighted by atomic mass is 9.79. The summed E-state index contributed by atoms with van der Waals surface area (Å²) in [6.45, 7) is 9.42. The van der Waals surface area contributed by atoms with Gasteiger partial charge in [-0.2, -0.15) is 0 Å². The van der Waals surface area contributed by atoms with Gasteiger partial charge in [-0.05, 0) is 51.4 Å². The van der Waals surface area contributed by atoms with Crippen LogP contribution in [-0.4, -0.2) is 25.5 Å². The molecule has 18 heavy (non-hydrogen) atoms. The van der Waals surface area contributed by atoms with Gasteiger partial charge in [-0.25, -0.2) is 0 Å². The molecular formula is C15H30N2O. The highest BCUT2D eigenvalue weighted by atomic mass is 16.2. The maximum absolute atomic E-state index is 11.7. The topological polar surface area (TPSA) is 41.1 Å². The maximum Gasteiger partial charge on any atom is 0.226 e. The molecule has 0 bridgehead atoms. The van der Waals surface area contributed by atoms with E-state index in [1.54, 1.807) is 7.05 Å². The monoisotopic (exact) mass is 254 g/mol. The van der Waals surface area contributed by atoms with Crippen molar-refractivity contribution >= 4 is 5.91 Å². The molecule has 3 heteroatoms. The van der Waals surface area contributed by atoms with Crippen molar-refractivity contribution in [2.45, 2.75) is 59.4 Å². The summed E-state index contributed by atoms with van der Waals surface area (Å²) in [7, 11) is 1.71. The second kappa shape index (κ2) is 6.55. The number of amides is 1. The second-order valence-electron chi connectivity index (χ2n) is 6.70. The molecule has 1 fully saturated rings. The van der Waals surface area contributed by atoms with Crippen LogP contribution in [0.3, 0.4) is 0 Å². The Bertz CT molecular complexity index is 266. The molecule has 0 atom stereocenters. The van der Waals surface area contributed by atoms with Crippen LogP contribution in [0.2, 0.25) is 0 Å². The van der Waals surface area contributed by atoms with Gasteiger partial charge >= 0.3 is 0 Å². The Kier molecular flexibility index (Phi) is 5.64.